The molecule has 0 atom stereocenters. The lowest BCUT2D eigenvalue weighted by Gasteiger charge is -2.08. The van der Waals surface area contributed by atoms with Gasteiger partial charge in [-0.15, -0.1) is 0 Å². The number of fused-ring (bicyclic) bond motifs is 3. The highest BCUT2D eigenvalue weighted by atomic mass is 16.1. The minimum absolute atomic E-state index is 0.0686. The largest absolute Gasteiger partial charge is 0.357 e. The molecule has 4 nitrogen and oxygen atoms in total. The maximum absolute atomic E-state index is 12.1. The summed E-state index contributed by atoms with van der Waals surface area (Å²) < 4.78 is 2.06. The number of rotatable bonds is 1. The summed E-state index contributed by atoms with van der Waals surface area (Å²) in [6.45, 7) is 5.95. The lowest BCUT2D eigenvalue weighted by Crippen LogP contribution is -2.07. The molecule has 3 aromatic rings. The standard InChI is InChI=1S/C14H15N3O/c1-4-10-6-11-12(18)5-8(2)16-13(11)14-9(3)15-7-17(10)14/h5-7H,4H2,1-3H3,(H,16,18). The Bertz CT molecular complexity index is 811. The summed E-state index contributed by atoms with van der Waals surface area (Å²) in [4.78, 5) is 19.7. The maximum Gasteiger partial charge on any atom is 0.189 e. The molecular weight excluding hydrogens is 226 g/mol. The molecule has 0 saturated heterocycles. The van der Waals surface area contributed by atoms with E-state index in [0.717, 1.165) is 39.9 Å². The average molecular weight is 241 g/mol. The van der Waals surface area contributed by atoms with Crippen molar-refractivity contribution in [3.8, 4) is 0 Å². The Labute approximate surface area is 104 Å². The van der Waals surface area contributed by atoms with Gasteiger partial charge in [0.1, 0.15) is 0 Å². The molecule has 3 aromatic heterocycles. The molecule has 0 aromatic carbocycles. The molecule has 3 rings (SSSR count). The Balaban J connectivity index is 2.66. The number of imidazole rings is 1. The summed E-state index contributed by atoms with van der Waals surface area (Å²) in [6, 6.07) is 3.60. The molecule has 0 spiro atoms. The lowest BCUT2D eigenvalue weighted by atomic mass is 10.1. The van der Waals surface area contributed by atoms with Crippen molar-refractivity contribution in [3.05, 3.63) is 45.8 Å². The smallest absolute Gasteiger partial charge is 0.189 e. The fourth-order valence-electron chi connectivity index (χ4n) is 2.49. The Morgan fingerprint density at radius 1 is 1.33 bits per heavy atom. The molecule has 0 aliphatic heterocycles. The molecule has 0 radical (unpaired) electrons. The van der Waals surface area contributed by atoms with Gasteiger partial charge in [-0.25, -0.2) is 4.98 Å². The van der Waals surface area contributed by atoms with E-state index in [1.807, 2.05) is 26.2 Å². The number of hydrogen-bond donors (Lipinski definition) is 1. The number of hydrogen-bond acceptors (Lipinski definition) is 2. The van der Waals surface area contributed by atoms with E-state index in [1.54, 1.807) is 6.07 Å². The van der Waals surface area contributed by atoms with Crippen LogP contribution in [0.15, 0.2) is 23.3 Å². The van der Waals surface area contributed by atoms with Gasteiger partial charge in [0.2, 0.25) is 0 Å². The van der Waals surface area contributed by atoms with Gasteiger partial charge in [-0.1, -0.05) is 6.92 Å². The molecule has 0 amide bonds. The highest BCUT2D eigenvalue weighted by molar-refractivity contribution is 5.94. The molecule has 18 heavy (non-hydrogen) atoms. The summed E-state index contributed by atoms with van der Waals surface area (Å²) in [5.41, 5.74) is 4.87. The summed E-state index contributed by atoms with van der Waals surface area (Å²) in [6.07, 6.45) is 2.69. The van der Waals surface area contributed by atoms with E-state index in [0.29, 0.717) is 0 Å². The first-order valence-corrected chi connectivity index (χ1v) is 6.11. The van der Waals surface area contributed by atoms with E-state index in [9.17, 15) is 4.79 Å². The van der Waals surface area contributed by atoms with Crippen LogP contribution in [-0.2, 0) is 6.42 Å². The van der Waals surface area contributed by atoms with E-state index in [-0.39, 0.29) is 5.43 Å². The van der Waals surface area contributed by atoms with Crippen molar-refractivity contribution in [3.63, 3.8) is 0 Å². The zero-order chi connectivity index (χ0) is 12.9. The van der Waals surface area contributed by atoms with Gasteiger partial charge in [-0.05, 0) is 26.3 Å². The number of nitrogens with one attached hydrogen (secondary N) is 1. The van der Waals surface area contributed by atoms with Gasteiger partial charge < -0.3 is 9.38 Å². The van der Waals surface area contributed by atoms with E-state index < -0.39 is 0 Å². The van der Waals surface area contributed by atoms with E-state index in [1.165, 1.54) is 0 Å². The first-order valence-electron chi connectivity index (χ1n) is 6.11. The van der Waals surface area contributed by atoms with E-state index in [2.05, 4.69) is 21.3 Å². The van der Waals surface area contributed by atoms with Crippen LogP contribution in [0.5, 0.6) is 0 Å². The van der Waals surface area contributed by atoms with Gasteiger partial charge in [0.05, 0.1) is 23.1 Å². The quantitative estimate of drug-likeness (QED) is 0.711. The van der Waals surface area contributed by atoms with Gasteiger partial charge >= 0.3 is 0 Å². The Morgan fingerprint density at radius 2 is 2.11 bits per heavy atom. The third-order valence-electron chi connectivity index (χ3n) is 3.37. The number of aryl methyl sites for hydroxylation is 3. The van der Waals surface area contributed by atoms with Gasteiger partial charge in [-0.3, -0.25) is 4.79 Å². The van der Waals surface area contributed by atoms with Gasteiger partial charge in [0.25, 0.3) is 0 Å². The maximum atomic E-state index is 12.1. The summed E-state index contributed by atoms with van der Waals surface area (Å²) >= 11 is 0. The number of nitrogens with zero attached hydrogens (tertiary/aromatic N) is 2. The first-order chi connectivity index (χ1) is 8.61. The Hall–Kier alpha value is -2.10. The van der Waals surface area contributed by atoms with Crippen LogP contribution in [0.3, 0.4) is 0 Å². The fraction of sp³-hybridized carbons (Fsp3) is 0.286. The molecule has 3 heterocycles. The molecule has 0 unspecified atom stereocenters. The zero-order valence-electron chi connectivity index (χ0n) is 10.7. The molecule has 0 aliphatic rings. The third kappa shape index (κ3) is 1.38. The highest BCUT2D eigenvalue weighted by Gasteiger charge is 2.11. The van der Waals surface area contributed by atoms with E-state index in [4.69, 9.17) is 0 Å². The van der Waals surface area contributed by atoms with Crippen molar-refractivity contribution in [1.29, 1.82) is 0 Å². The van der Waals surface area contributed by atoms with Crippen LogP contribution >= 0.6 is 0 Å². The van der Waals surface area contributed by atoms with Crippen LogP contribution in [-0.4, -0.2) is 14.4 Å². The number of aromatic amines is 1. The number of H-pyrrole nitrogens is 1. The minimum Gasteiger partial charge on any atom is -0.357 e. The predicted octanol–water partition coefficient (Wildman–Crippen LogP) is 2.36. The van der Waals surface area contributed by atoms with Crippen molar-refractivity contribution < 1.29 is 0 Å². The van der Waals surface area contributed by atoms with Crippen LogP contribution in [0.1, 0.15) is 24.0 Å². The normalized spacial score (nSPS) is 11.5. The second kappa shape index (κ2) is 3.70. The Morgan fingerprint density at radius 3 is 2.83 bits per heavy atom. The highest BCUT2D eigenvalue weighted by Crippen LogP contribution is 2.21. The van der Waals surface area contributed by atoms with Crippen molar-refractivity contribution in [1.82, 2.24) is 14.4 Å². The van der Waals surface area contributed by atoms with E-state index >= 15 is 0 Å². The zero-order valence-corrected chi connectivity index (χ0v) is 10.7. The summed E-state index contributed by atoms with van der Waals surface area (Å²) in [5.74, 6) is 0. The minimum atomic E-state index is 0.0686. The summed E-state index contributed by atoms with van der Waals surface area (Å²) in [7, 11) is 0. The molecule has 1 N–H and O–H groups in total. The monoisotopic (exact) mass is 241 g/mol. The van der Waals surface area contributed by atoms with Crippen LogP contribution in [0.2, 0.25) is 0 Å². The molecule has 0 saturated carbocycles. The average Bonchev–Trinajstić information content (AvgIpc) is 2.71. The second-order valence-electron chi connectivity index (χ2n) is 4.64. The van der Waals surface area contributed by atoms with Crippen molar-refractivity contribution >= 4 is 16.4 Å². The van der Waals surface area contributed by atoms with Crippen molar-refractivity contribution in [2.24, 2.45) is 0 Å². The third-order valence-corrected chi connectivity index (χ3v) is 3.37. The summed E-state index contributed by atoms with van der Waals surface area (Å²) in [5, 5.41) is 0.744. The lowest BCUT2D eigenvalue weighted by molar-refractivity contribution is 0.976. The molecule has 0 bridgehead atoms. The van der Waals surface area contributed by atoms with Crippen molar-refractivity contribution in [2.75, 3.05) is 0 Å². The molecule has 0 fully saturated rings. The molecular formula is C14H15N3O. The number of aromatic nitrogens is 3. The molecule has 4 heteroatoms. The molecule has 0 aliphatic carbocycles. The topological polar surface area (TPSA) is 50.2 Å². The van der Waals surface area contributed by atoms with Gasteiger partial charge in [0, 0.05) is 22.8 Å². The van der Waals surface area contributed by atoms with Crippen LogP contribution in [0.4, 0.5) is 0 Å². The fourth-order valence-corrected chi connectivity index (χ4v) is 2.49. The van der Waals surface area contributed by atoms with Crippen molar-refractivity contribution in [2.45, 2.75) is 27.2 Å². The van der Waals surface area contributed by atoms with Crippen LogP contribution in [0, 0.1) is 13.8 Å². The predicted molar refractivity (Wildman–Crippen MR) is 72.2 cm³/mol. The second-order valence-corrected chi connectivity index (χ2v) is 4.64. The number of pyridine rings is 2. The SMILES string of the molecule is CCc1cc2c(=O)cc(C)[nH]c2c2c(C)ncn12. The Kier molecular flexibility index (Phi) is 2.26. The van der Waals surface area contributed by atoms with Gasteiger partial charge in [0.15, 0.2) is 5.43 Å². The molecule has 92 valence electrons. The first kappa shape index (κ1) is 11.0. The van der Waals surface area contributed by atoms with Gasteiger partial charge in [-0.2, -0.15) is 0 Å². The van der Waals surface area contributed by atoms with Crippen LogP contribution < -0.4 is 5.43 Å². The van der Waals surface area contributed by atoms with Crippen LogP contribution in [0.25, 0.3) is 16.4 Å².